The van der Waals surface area contributed by atoms with E-state index in [9.17, 15) is 4.79 Å². The second kappa shape index (κ2) is 6.68. The molecule has 6 heteroatoms. The number of para-hydroxylation sites is 2. The Morgan fingerprint density at radius 3 is 2.74 bits per heavy atom. The SMILES string of the molecule is Cc1cc(C(N)=O)c(N2CCCC(c3nc4ccccc4n3C)C2)nc1C. The molecule has 4 rings (SSSR count). The fourth-order valence-corrected chi connectivity index (χ4v) is 4.02. The van der Waals surface area contributed by atoms with E-state index in [1.807, 2.05) is 32.0 Å². The first-order chi connectivity index (χ1) is 13.0. The van der Waals surface area contributed by atoms with E-state index in [1.54, 1.807) is 0 Å². The van der Waals surface area contributed by atoms with Crippen LogP contribution in [0.15, 0.2) is 30.3 Å². The van der Waals surface area contributed by atoms with Gasteiger partial charge in [0, 0.05) is 31.7 Å². The number of amides is 1. The summed E-state index contributed by atoms with van der Waals surface area (Å²) in [5.74, 6) is 1.66. The first-order valence-electron chi connectivity index (χ1n) is 9.40. The number of nitrogens with two attached hydrogens (primary N) is 1. The van der Waals surface area contributed by atoms with Gasteiger partial charge in [-0.15, -0.1) is 0 Å². The molecule has 1 saturated heterocycles. The van der Waals surface area contributed by atoms with Gasteiger partial charge in [-0.2, -0.15) is 0 Å². The monoisotopic (exact) mass is 363 g/mol. The van der Waals surface area contributed by atoms with Gasteiger partial charge in [0.25, 0.3) is 5.91 Å². The largest absolute Gasteiger partial charge is 0.365 e. The van der Waals surface area contributed by atoms with Crippen molar-refractivity contribution in [2.24, 2.45) is 12.8 Å². The van der Waals surface area contributed by atoms with Crippen LogP contribution in [-0.4, -0.2) is 33.5 Å². The molecule has 1 aliphatic heterocycles. The molecule has 0 aliphatic carbocycles. The van der Waals surface area contributed by atoms with Crippen molar-refractivity contribution in [3.8, 4) is 0 Å². The lowest BCUT2D eigenvalue weighted by Crippen LogP contribution is -2.37. The molecule has 0 spiro atoms. The maximum absolute atomic E-state index is 12.0. The molecule has 0 saturated carbocycles. The van der Waals surface area contributed by atoms with Gasteiger partial charge >= 0.3 is 0 Å². The summed E-state index contributed by atoms with van der Waals surface area (Å²) in [6.45, 7) is 5.58. The zero-order valence-corrected chi connectivity index (χ0v) is 16.1. The molecule has 0 radical (unpaired) electrons. The summed E-state index contributed by atoms with van der Waals surface area (Å²) in [7, 11) is 2.08. The van der Waals surface area contributed by atoms with Gasteiger partial charge < -0.3 is 15.2 Å². The van der Waals surface area contributed by atoms with E-state index in [-0.39, 0.29) is 0 Å². The van der Waals surface area contributed by atoms with E-state index < -0.39 is 5.91 Å². The fourth-order valence-electron chi connectivity index (χ4n) is 4.02. The van der Waals surface area contributed by atoms with Gasteiger partial charge in [0.2, 0.25) is 0 Å². The fraction of sp³-hybridized carbons (Fsp3) is 0.381. The van der Waals surface area contributed by atoms with Crippen LogP contribution in [0.1, 0.15) is 46.2 Å². The topological polar surface area (TPSA) is 77.0 Å². The number of primary amides is 1. The van der Waals surface area contributed by atoms with Crippen LogP contribution in [0.5, 0.6) is 0 Å². The number of carbonyl (C=O) groups is 1. The van der Waals surface area contributed by atoms with Crippen molar-refractivity contribution in [1.82, 2.24) is 14.5 Å². The van der Waals surface area contributed by atoms with E-state index in [2.05, 4.69) is 28.6 Å². The predicted molar refractivity (Wildman–Crippen MR) is 107 cm³/mol. The number of nitrogens with zero attached hydrogens (tertiary/aromatic N) is 4. The smallest absolute Gasteiger partial charge is 0.252 e. The van der Waals surface area contributed by atoms with Crippen LogP contribution in [-0.2, 0) is 7.05 Å². The maximum Gasteiger partial charge on any atom is 0.252 e. The Balaban J connectivity index is 1.70. The zero-order valence-electron chi connectivity index (χ0n) is 16.1. The number of fused-ring (bicyclic) bond motifs is 1. The molecular weight excluding hydrogens is 338 g/mol. The molecule has 2 N–H and O–H groups in total. The Kier molecular flexibility index (Phi) is 4.34. The van der Waals surface area contributed by atoms with Gasteiger partial charge in [0.05, 0.1) is 16.6 Å². The normalized spacial score (nSPS) is 17.4. The van der Waals surface area contributed by atoms with Crippen molar-refractivity contribution in [3.05, 3.63) is 53.0 Å². The minimum atomic E-state index is -0.426. The highest BCUT2D eigenvalue weighted by Gasteiger charge is 2.28. The van der Waals surface area contributed by atoms with Crippen molar-refractivity contribution in [2.45, 2.75) is 32.6 Å². The highest BCUT2D eigenvalue weighted by Crippen LogP contribution is 2.32. The number of carbonyl (C=O) groups excluding carboxylic acids is 1. The van der Waals surface area contributed by atoms with Gasteiger partial charge in [0.1, 0.15) is 11.6 Å². The minimum Gasteiger partial charge on any atom is -0.365 e. The Hall–Kier alpha value is -2.89. The highest BCUT2D eigenvalue weighted by atomic mass is 16.1. The van der Waals surface area contributed by atoms with Crippen LogP contribution >= 0.6 is 0 Å². The van der Waals surface area contributed by atoms with Crippen LogP contribution in [0.25, 0.3) is 11.0 Å². The molecule has 6 nitrogen and oxygen atoms in total. The Morgan fingerprint density at radius 1 is 1.22 bits per heavy atom. The predicted octanol–water partition coefficient (Wildman–Crippen LogP) is 3.07. The third-order valence-electron chi connectivity index (χ3n) is 5.62. The second-order valence-corrected chi connectivity index (χ2v) is 7.43. The molecule has 3 aromatic rings. The van der Waals surface area contributed by atoms with E-state index in [0.29, 0.717) is 17.3 Å². The zero-order chi connectivity index (χ0) is 19.1. The van der Waals surface area contributed by atoms with Crippen LogP contribution in [0.4, 0.5) is 5.82 Å². The van der Waals surface area contributed by atoms with Crippen molar-refractivity contribution in [1.29, 1.82) is 0 Å². The molecule has 1 fully saturated rings. The van der Waals surface area contributed by atoms with E-state index in [0.717, 1.165) is 54.0 Å². The Labute approximate surface area is 159 Å². The number of piperidine rings is 1. The highest BCUT2D eigenvalue weighted by molar-refractivity contribution is 5.98. The van der Waals surface area contributed by atoms with E-state index in [4.69, 9.17) is 15.7 Å². The van der Waals surface area contributed by atoms with E-state index >= 15 is 0 Å². The number of anilines is 1. The number of hydrogen-bond donors (Lipinski definition) is 1. The van der Waals surface area contributed by atoms with Crippen LogP contribution in [0.3, 0.4) is 0 Å². The van der Waals surface area contributed by atoms with Crippen LogP contribution < -0.4 is 10.6 Å². The Bertz CT molecular complexity index is 1020. The maximum atomic E-state index is 12.0. The van der Waals surface area contributed by atoms with Gasteiger partial charge in [0.15, 0.2) is 0 Å². The van der Waals surface area contributed by atoms with Crippen molar-refractivity contribution < 1.29 is 4.79 Å². The number of pyridine rings is 1. The van der Waals surface area contributed by atoms with Crippen molar-refractivity contribution in [3.63, 3.8) is 0 Å². The summed E-state index contributed by atoms with van der Waals surface area (Å²) < 4.78 is 2.19. The van der Waals surface area contributed by atoms with Gasteiger partial charge in [-0.1, -0.05) is 12.1 Å². The molecule has 2 aromatic heterocycles. The minimum absolute atomic E-state index is 0.292. The number of imidazole rings is 1. The summed E-state index contributed by atoms with van der Waals surface area (Å²) in [5.41, 5.74) is 10.2. The first-order valence-corrected chi connectivity index (χ1v) is 9.40. The average molecular weight is 363 g/mol. The third kappa shape index (κ3) is 3.05. The summed E-state index contributed by atoms with van der Waals surface area (Å²) in [6, 6.07) is 10.1. The molecule has 1 aromatic carbocycles. The third-order valence-corrected chi connectivity index (χ3v) is 5.62. The molecule has 1 amide bonds. The molecule has 140 valence electrons. The molecule has 27 heavy (non-hydrogen) atoms. The van der Waals surface area contributed by atoms with Crippen LogP contribution in [0, 0.1) is 13.8 Å². The summed E-state index contributed by atoms with van der Waals surface area (Å²) in [5, 5.41) is 0. The van der Waals surface area contributed by atoms with Crippen LogP contribution in [0.2, 0.25) is 0 Å². The summed E-state index contributed by atoms with van der Waals surface area (Å²) >= 11 is 0. The second-order valence-electron chi connectivity index (χ2n) is 7.43. The number of aryl methyl sites for hydroxylation is 3. The summed E-state index contributed by atoms with van der Waals surface area (Å²) in [6.07, 6.45) is 2.10. The average Bonchev–Trinajstić information content (AvgIpc) is 3.00. The lowest BCUT2D eigenvalue weighted by molar-refractivity contribution is 0.1000. The molecule has 3 heterocycles. The molecule has 1 aliphatic rings. The van der Waals surface area contributed by atoms with E-state index in [1.165, 1.54) is 0 Å². The lowest BCUT2D eigenvalue weighted by atomic mass is 9.96. The number of rotatable bonds is 3. The molecular formula is C21H25N5O. The van der Waals surface area contributed by atoms with Crippen molar-refractivity contribution >= 4 is 22.8 Å². The molecule has 0 bridgehead atoms. The molecule has 1 atom stereocenters. The summed E-state index contributed by atoms with van der Waals surface area (Å²) in [4.78, 5) is 23.8. The standard InChI is InChI=1S/C21H25N5O/c1-13-11-16(19(22)27)21(23-14(13)2)26-10-6-7-15(12-26)20-24-17-8-4-5-9-18(17)25(20)3/h4-5,8-9,11,15H,6-7,10,12H2,1-3H3,(H2,22,27). The van der Waals surface area contributed by atoms with Gasteiger partial charge in [-0.3, -0.25) is 4.79 Å². The van der Waals surface area contributed by atoms with Gasteiger partial charge in [-0.05, 0) is 50.5 Å². The molecule has 1 unspecified atom stereocenters. The quantitative estimate of drug-likeness (QED) is 0.776. The Morgan fingerprint density at radius 2 is 2.00 bits per heavy atom. The van der Waals surface area contributed by atoms with Gasteiger partial charge in [-0.25, -0.2) is 9.97 Å². The lowest BCUT2D eigenvalue weighted by Gasteiger charge is -2.34. The number of aromatic nitrogens is 3. The number of hydrogen-bond acceptors (Lipinski definition) is 4. The first kappa shape index (κ1) is 17.5. The number of benzene rings is 1. The van der Waals surface area contributed by atoms with Crippen molar-refractivity contribution in [2.75, 3.05) is 18.0 Å².